The van der Waals surface area contributed by atoms with E-state index in [0.717, 1.165) is 6.42 Å². The first kappa shape index (κ1) is 7.38. The number of ether oxygens (including phenoxy) is 1. The summed E-state index contributed by atoms with van der Waals surface area (Å²) in [5.41, 5.74) is -0.290. The summed E-state index contributed by atoms with van der Waals surface area (Å²) in [6, 6.07) is 0.233. The number of amides is 1. The summed E-state index contributed by atoms with van der Waals surface area (Å²) in [4.78, 5) is 10.8. The van der Waals surface area contributed by atoms with Gasteiger partial charge in [0.1, 0.15) is 5.60 Å². The summed E-state index contributed by atoms with van der Waals surface area (Å²) in [7, 11) is 0. The van der Waals surface area contributed by atoms with Gasteiger partial charge in [0.25, 0.3) is 0 Å². The Morgan fingerprint density at radius 2 is 2.30 bits per heavy atom. The van der Waals surface area contributed by atoms with Gasteiger partial charge in [0.2, 0.25) is 0 Å². The number of cyclic esters (lactones) is 1. The van der Waals surface area contributed by atoms with Crippen LogP contribution in [0.15, 0.2) is 0 Å². The van der Waals surface area contributed by atoms with Gasteiger partial charge in [0.05, 0.1) is 0 Å². The number of carbonyl (C=O) groups is 1. The van der Waals surface area contributed by atoms with Crippen LogP contribution in [0.4, 0.5) is 4.79 Å². The van der Waals surface area contributed by atoms with Crippen molar-refractivity contribution in [3.63, 3.8) is 0 Å². The zero-order valence-corrected chi connectivity index (χ0v) is 6.60. The van der Waals surface area contributed by atoms with Crippen molar-refractivity contribution in [3.8, 4) is 0 Å². The van der Waals surface area contributed by atoms with E-state index in [4.69, 9.17) is 4.74 Å². The van der Waals surface area contributed by atoms with Crippen LogP contribution in [0.1, 0.15) is 27.2 Å². The standard InChI is InChI=1S/C7H13NO2/c1-5-4-7(2,3)10-6(9)8-5/h5H,4H2,1-3H3,(H,8,9). The molecule has 0 aliphatic carbocycles. The summed E-state index contributed by atoms with van der Waals surface area (Å²) < 4.78 is 4.99. The lowest BCUT2D eigenvalue weighted by atomic mass is 9.99. The molecule has 0 aromatic rings. The highest BCUT2D eigenvalue weighted by Gasteiger charge is 2.31. The predicted octanol–water partition coefficient (Wildman–Crippen LogP) is 1.28. The molecule has 3 heteroatoms. The van der Waals surface area contributed by atoms with Gasteiger partial charge in [-0.3, -0.25) is 0 Å². The highest BCUT2D eigenvalue weighted by Crippen LogP contribution is 2.20. The Labute approximate surface area is 60.7 Å². The molecule has 0 aromatic carbocycles. The molecule has 0 radical (unpaired) electrons. The minimum absolute atomic E-state index is 0.233. The van der Waals surface area contributed by atoms with Gasteiger partial charge in [0, 0.05) is 12.5 Å². The van der Waals surface area contributed by atoms with Crippen LogP contribution in [0, 0.1) is 0 Å². The molecule has 1 amide bonds. The molecule has 1 heterocycles. The number of carbonyl (C=O) groups excluding carboxylic acids is 1. The largest absolute Gasteiger partial charge is 0.443 e. The molecule has 1 N–H and O–H groups in total. The molecule has 0 bridgehead atoms. The summed E-state index contributed by atoms with van der Waals surface area (Å²) >= 11 is 0. The van der Waals surface area contributed by atoms with Crippen molar-refractivity contribution < 1.29 is 9.53 Å². The minimum Gasteiger partial charge on any atom is -0.443 e. The molecular formula is C7H13NO2. The van der Waals surface area contributed by atoms with Gasteiger partial charge in [0.15, 0.2) is 0 Å². The number of alkyl carbamates (subject to hydrolysis) is 1. The quantitative estimate of drug-likeness (QED) is 0.554. The van der Waals surface area contributed by atoms with E-state index in [0.29, 0.717) is 0 Å². The molecule has 1 fully saturated rings. The number of hydrogen-bond acceptors (Lipinski definition) is 2. The third-order valence-corrected chi connectivity index (χ3v) is 1.53. The topological polar surface area (TPSA) is 38.3 Å². The highest BCUT2D eigenvalue weighted by atomic mass is 16.6. The second-order valence-corrected chi connectivity index (χ2v) is 3.40. The monoisotopic (exact) mass is 143 g/mol. The molecule has 0 spiro atoms. The summed E-state index contributed by atoms with van der Waals surface area (Å²) in [5, 5.41) is 2.67. The second kappa shape index (κ2) is 2.15. The molecule has 1 atom stereocenters. The van der Waals surface area contributed by atoms with Crippen LogP contribution in [-0.2, 0) is 4.74 Å². The highest BCUT2D eigenvalue weighted by molar-refractivity contribution is 5.68. The molecule has 0 aromatic heterocycles. The van der Waals surface area contributed by atoms with Crippen LogP contribution >= 0.6 is 0 Å². The van der Waals surface area contributed by atoms with E-state index in [9.17, 15) is 4.79 Å². The molecule has 0 saturated carbocycles. The summed E-state index contributed by atoms with van der Waals surface area (Å²) in [6.07, 6.45) is 0.572. The van der Waals surface area contributed by atoms with Gasteiger partial charge in [-0.1, -0.05) is 0 Å². The van der Waals surface area contributed by atoms with Crippen LogP contribution < -0.4 is 5.32 Å². The van der Waals surface area contributed by atoms with Crippen molar-refractivity contribution in [2.75, 3.05) is 0 Å². The van der Waals surface area contributed by atoms with Crippen LogP contribution in [0.25, 0.3) is 0 Å². The van der Waals surface area contributed by atoms with Crippen molar-refractivity contribution in [2.45, 2.75) is 38.8 Å². The zero-order chi connectivity index (χ0) is 7.78. The van der Waals surface area contributed by atoms with E-state index in [1.165, 1.54) is 0 Å². The van der Waals surface area contributed by atoms with E-state index in [1.807, 2.05) is 20.8 Å². The molecular weight excluding hydrogens is 130 g/mol. The Bertz CT molecular complexity index is 154. The van der Waals surface area contributed by atoms with E-state index in [-0.39, 0.29) is 17.7 Å². The Morgan fingerprint density at radius 3 is 2.70 bits per heavy atom. The Balaban J connectivity index is 2.59. The van der Waals surface area contributed by atoms with Gasteiger partial charge in [-0.25, -0.2) is 4.79 Å². The fourth-order valence-electron chi connectivity index (χ4n) is 1.31. The second-order valence-electron chi connectivity index (χ2n) is 3.40. The molecule has 1 saturated heterocycles. The fraction of sp³-hybridized carbons (Fsp3) is 0.857. The molecule has 1 unspecified atom stereocenters. The van der Waals surface area contributed by atoms with Gasteiger partial charge >= 0.3 is 6.09 Å². The van der Waals surface area contributed by atoms with Gasteiger partial charge in [-0.15, -0.1) is 0 Å². The lowest BCUT2D eigenvalue weighted by molar-refractivity contribution is 0.00264. The van der Waals surface area contributed by atoms with Crippen molar-refractivity contribution in [1.82, 2.24) is 5.32 Å². The Kier molecular flexibility index (Phi) is 1.58. The first-order valence-electron chi connectivity index (χ1n) is 3.49. The minimum atomic E-state index is -0.302. The predicted molar refractivity (Wildman–Crippen MR) is 37.8 cm³/mol. The van der Waals surface area contributed by atoms with Gasteiger partial charge in [-0.05, 0) is 20.8 Å². The van der Waals surface area contributed by atoms with E-state index in [2.05, 4.69) is 5.32 Å². The van der Waals surface area contributed by atoms with Crippen LogP contribution in [0.5, 0.6) is 0 Å². The molecule has 3 nitrogen and oxygen atoms in total. The average molecular weight is 143 g/mol. The Morgan fingerprint density at radius 1 is 1.70 bits per heavy atom. The third kappa shape index (κ3) is 1.62. The fourth-order valence-corrected chi connectivity index (χ4v) is 1.31. The maximum Gasteiger partial charge on any atom is 0.407 e. The van der Waals surface area contributed by atoms with Crippen LogP contribution in [0.3, 0.4) is 0 Å². The van der Waals surface area contributed by atoms with Crippen molar-refractivity contribution in [3.05, 3.63) is 0 Å². The number of rotatable bonds is 0. The maximum absolute atomic E-state index is 10.8. The first-order valence-corrected chi connectivity index (χ1v) is 3.49. The smallest absolute Gasteiger partial charge is 0.407 e. The molecule has 1 rings (SSSR count). The van der Waals surface area contributed by atoms with E-state index < -0.39 is 0 Å². The van der Waals surface area contributed by atoms with Gasteiger partial charge < -0.3 is 10.1 Å². The summed E-state index contributed by atoms with van der Waals surface area (Å²) in [6.45, 7) is 5.81. The third-order valence-electron chi connectivity index (χ3n) is 1.53. The van der Waals surface area contributed by atoms with Crippen molar-refractivity contribution >= 4 is 6.09 Å². The van der Waals surface area contributed by atoms with Crippen molar-refractivity contribution in [1.29, 1.82) is 0 Å². The van der Waals surface area contributed by atoms with E-state index >= 15 is 0 Å². The molecule has 1 aliphatic rings. The average Bonchev–Trinajstić information content (AvgIpc) is 1.54. The van der Waals surface area contributed by atoms with Gasteiger partial charge in [-0.2, -0.15) is 0 Å². The molecule has 58 valence electrons. The SMILES string of the molecule is CC1CC(C)(C)OC(=O)N1. The number of nitrogens with one attached hydrogen (secondary N) is 1. The van der Waals surface area contributed by atoms with Crippen LogP contribution in [0.2, 0.25) is 0 Å². The Hall–Kier alpha value is -0.730. The number of hydrogen-bond donors (Lipinski definition) is 1. The summed E-state index contributed by atoms with van der Waals surface area (Å²) in [5.74, 6) is 0. The maximum atomic E-state index is 10.8. The van der Waals surface area contributed by atoms with Crippen molar-refractivity contribution in [2.24, 2.45) is 0 Å². The zero-order valence-electron chi connectivity index (χ0n) is 6.60. The molecule has 10 heavy (non-hydrogen) atoms. The molecule has 1 aliphatic heterocycles. The lowest BCUT2D eigenvalue weighted by Crippen LogP contribution is -2.48. The normalized spacial score (nSPS) is 30.7. The van der Waals surface area contributed by atoms with E-state index in [1.54, 1.807) is 0 Å². The van der Waals surface area contributed by atoms with Crippen LogP contribution in [-0.4, -0.2) is 17.7 Å². The first-order chi connectivity index (χ1) is 4.49. The lowest BCUT2D eigenvalue weighted by Gasteiger charge is -2.33.